The Morgan fingerprint density at radius 2 is 0.850 bits per heavy atom. The van der Waals surface area contributed by atoms with E-state index in [2.05, 4.69) is 38.2 Å². The molecule has 0 atom stereocenters. The zero-order valence-electron chi connectivity index (χ0n) is 14.2. The minimum atomic E-state index is 1.24. The molecule has 0 radical (unpaired) electrons. The summed E-state index contributed by atoms with van der Waals surface area (Å²) in [6, 6.07) is 0. The van der Waals surface area contributed by atoms with Crippen molar-refractivity contribution < 1.29 is 0 Å². The van der Waals surface area contributed by atoms with E-state index in [0.717, 1.165) is 0 Å². The molecule has 0 saturated carbocycles. The molecule has 0 aromatic rings. The SMILES string of the molecule is CCC/C=C/CCC/C=C/CCCCCCCCCC. The molecule has 0 saturated heterocycles. The zero-order valence-corrected chi connectivity index (χ0v) is 14.2. The maximum absolute atomic E-state index is 2.40. The largest absolute Gasteiger partial charge is 0.0885 e. The summed E-state index contributed by atoms with van der Waals surface area (Å²) in [5.41, 5.74) is 0. The van der Waals surface area contributed by atoms with Crippen LogP contribution in [0.4, 0.5) is 0 Å². The summed E-state index contributed by atoms with van der Waals surface area (Å²) >= 11 is 0. The summed E-state index contributed by atoms with van der Waals surface area (Å²) in [6.45, 7) is 4.52. The first-order chi connectivity index (χ1) is 9.91. The van der Waals surface area contributed by atoms with Gasteiger partial charge in [0.1, 0.15) is 0 Å². The van der Waals surface area contributed by atoms with E-state index in [1.165, 1.54) is 89.9 Å². The van der Waals surface area contributed by atoms with E-state index in [1.54, 1.807) is 0 Å². The summed E-state index contributed by atoms with van der Waals surface area (Å²) in [5, 5.41) is 0. The van der Waals surface area contributed by atoms with E-state index >= 15 is 0 Å². The second-order valence-electron chi connectivity index (χ2n) is 5.93. The maximum Gasteiger partial charge on any atom is -0.0348 e. The van der Waals surface area contributed by atoms with Gasteiger partial charge in [0, 0.05) is 0 Å². The van der Waals surface area contributed by atoms with Crippen LogP contribution in [0.2, 0.25) is 0 Å². The topological polar surface area (TPSA) is 0 Å². The summed E-state index contributed by atoms with van der Waals surface area (Å²) < 4.78 is 0. The molecule has 20 heavy (non-hydrogen) atoms. The van der Waals surface area contributed by atoms with Gasteiger partial charge in [-0.25, -0.2) is 0 Å². The van der Waals surface area contributed by atoms with Crippen LogP contribution in [-0.2, 0) is 0 Å². The molecule has 0 aromatic heterocycles. The Labute approximate surface area is 128 Å². The predicted octanol–water partition coefficient (Wildman–Crippen LogP) is 7.60. The molecular formula is C20H38. The number of unbranched alkanes of at least 4 members (excludes halogenated alkanes) is 11. The Kier molecular flexibility index (Phi) is 18.0. The van der Waals surface area contributed by atoms with Crippen LogP contribution in [0.15, 0.2) is 24.3 Å². The fraction of sp³-hybridized carbons (Fsp3) is 0.800. The van der Waals surface area contributed by atoms with E-state index < -0.39 is 0 Å². The second kappa shape index (κ2) is 18.5. The molecule has 0 fully saturated rings. The Balaban J connectivity index is 3.08. The van der Waals surface area contributed by atoms with E-state index in [9.17, 15) is 0 Å². The molecule has 0 amide bonds. The van der Waals surface area contributed by atoms with Gasteiger partial charge in [-0.05, 0) is 38.5 Å². The summed E-state index contributed by atoms with van der Waals surface area (Å²) in [7, 11) is 0. The average molecular weight is 279 g/mol. The summed E-state index contributed by atoms with van der Waals surface area (Å²) in [5.74, 6) is 0. The van der Waals surface area contributed by atoms with Gasteiger partial charge in [-0.3, -0.25) is 0 Å². The highest BCUT2D eigenvalue weighted by Crippen LogP contribution is 2.10. The molecule has 0 spiro atoms. The Morgan fingerprint density at radius 3 is 1.40 bits per heavy atom. The standard InChI is InChI=1S/C20H38/c1-3-5-7-9-11-13-15-17-19-20-18-16-14-12-10-8-6-4-2/h7,9,17,19H,3-6,8,10-16,18,20H2,1-2H3/b9-7+,19-17+. The lowest BCUT2D eigenvalue weighted by molar-refractivity contribution is 0.577. The lowest BCUT2D eigenvalue weighted by Crippen LogP contribution is -1.80. The number of rotatable bonds is 15. The van der Waals surface area contributed by atoms with Gasteiger partial charge < -0.3 is 0 Å². The molecule has 0 aromatic carbocycles. The van der Waals surface area contributed by atoms with Crippen molar-refractivity contribution in [3.05, 3.63) is 24.3 Å². The van der Waals surface area contributed by atoms with Crippen molar-refractivity contribution in [3.8, 4) is 0 Å². The highest BCUT2D eigenvalue weighted by atomic mass is 14.0. The molecule has 0 nitrogen and oxygen atoms in total. The molecule has 0 N–H and O–H groups in total. The molecule has 0 rings (SSSR count). The van der Waals surface area contributed by atoms with Crippen LogP contribution in [0.3, 0.4) is 0 Å². The van der Waals surface area contributed by atoms with Gasteiger partial charge in [-0.15, -0.1) is 0 Å². The number of hydrogen-bond donors (Lipinski definition) is 0. The minimum Gasteiger partial charge on any atom is -0.0885 e. The monoisotopic (exact) mass is 278 g/mol. The molecule has 118 valence electrons. The van der Waals surface area contributed by atoms with Crippen LogP contribution in [0.5, 0.6) is 0 Å². The molecule has 0 aliphatic rings. The highest BCUT2D eigenvalue weighted by molar-refractivity contribution is 4.85. The van der Waals surface area contributed by atoms with Crippen LogP contribution in [0, 0.1) is 0 Å². The third-order valence-electron chi connectivity index (χ3n) is 3.75. The van der Waals surface area contributed by atoms with Crippen molar-refractivity contribution in [2.75, 3.05) is 0 Å². The van der Waals surface area contributed by atoms with E-state index in [1.807, 2.05) is 0 Å². The first-order valence-corrected chi connectivity index (χ1v) is 9.21. The molecule has 0 heterocycles. The Hall–Kier alpha value is -0.520. The van der Waals surface area contributed by atoms with Gasteiger partial charge in [-0.1, -0.05) is 89.5 Å². The lowest BCUT2D eigenvalue weighted by atomic mass is 10.1. The van der Waals surface area contributed by atoms with Gasteiger partial charge in [-0.2, -0.15) is 0 Å². The molecule has 0 bridgehead atoms. The minimum absolute atomic E-state index is 1.24. The first-order valence-electron chi connectivity index (χ1n) is 9.21. The third-order valence-corrected chi connectivity index (χ3v) is 3.75. The predicted molar refractivity (Wildman–Crippen MR) is 94.3 cm³/mol. The van der Waals surface area contributed by atoms with Gasteiger partial charge in [0.15, 0.2) is 0 Å². The smallest absolute Gasteiger partial charge is 0.0348 e. The highest BCUT2D eigenvalue weighted by Gasteiger charge is 1.90. The molecule has 0 unspecified atom stereocenters. The quantitative estimate of drug-likeness (QED) is 0.214. The fourth-order valence-electron chi connectivity index (χ4n) is 2.39. The van der Waals surface area contributed by atoms with E-state index in [4.69, 9.17) is 0 Å². The molecule has 0 aliphatic carbocycles. The average Bonchev–Trinajstić information content (AvgIpc) is 2.47. The second-order valence-corrected chi connectivity index (χ2v) is 5.93. The third kappa shape index (κ3) is 17.5. The Morgan fingerprint density at radius 1 is 0.400 bits per heavy atom. The van der Waals surface area contributed by atoms with Crippen molar-refractivity contribution in [2.24, 2.45) is 0 Å². The van der Waals surface area contributed by atoms with Gasteiger partial charge in [0.2, 0.25) is 0 Å². The number of allylic oxidation sites excluding steroid dienone is 4. The molecular weight excluding hydrogens is 240 g/mol. The summed E-state index contributed by atoms with van der Waals surface area (Å²) in [6.07, 6.45) is 28.5. The normalized spacial score (nSPS) is 11.9. The van der Waals surface area contributed by atoms with Gasteiger partial charge in [0.05, 0.1) is 0 Å². The van der Waals surface area contributed by atoms with E-state index in [0.29, 0.717) is 0 Å². The van der Waals surface area contributed by atoms with E-state index in [-0.39, 0.29) is 0 Å². The van der Waals surface area contributed by atoms with Crippen molar-refractivity contribution in [1.29, 1.82) is 0 Å². The lowest BCUT2D eigenvalue weighted by Gasteiger charge is -1.99. The Bertz CT molecular complexity index is 212. The van der Waals surface area contributed by atoms with Crippen LogP contribution < -0.4 is 0 Å². The fourth-order valence-corrected chi connectivity index (χ4v) is 2.39. The number of hydrogen-bond acceptors (Lipinski definition) is 0. The van der Waals surface area contributed by atoms with Crippen molar-refractivity contribution in [3.63, 3.8) is 0 Å². The van der Waals surface area contributed by atoms with Crippen LogP contribution in [0.25, 0.3) is 0 Å². The van der Waals surface area contributed by atoms with Crippen molar-refractivity contribution in [2.45, 2.75) is 104 Å². The molecule has 0 aliphatic heterocycles. The van der Waals surface area contributed by atoms with Crippen LogP contribution in [0.1, 0.15) is 104 Å². The van der Waals surface area contributed by atoms with Crippen LogP contribution >= 0.6 is 0 Å². The van der Waals surface area contributed by atoms with Gasteiger partial charge >= 0.3 is 0 Å². The van der Waals surface area contributed by atoms with Crippen LogP contribution in [-0.4, -0.2) is 0 Å². The first kappa shape index (κ1) is 19.5. The van der Waals surface area contributed by atoms with Crippen molar-refractivity contribution in [1.82, 2.24) is 0 Å². The van der Waals surface area contributed by atoms with Crippen molar-refractivity contribution >= 4 is 0 Å². The van der Waals surface area contributed by atoms with Gasteiger partial charge in [0.25, 0.3) is 0 Å². The maximum atomic E-state index is 2.40. The molecule has 0 heteroatoms. The summed E-state index contributed by atoms with van der Waals surface area (Å²) in [4.78, 5) is 0. The zero-order chi connectivity index (χ0) is 14.7.